The number of hydrogen-bond donors (Lipinski definition) is 0. The molecule has 94 valence electrons. The molecule has 0 N–H and O–H groups in total. The molecule has 3 rings (SSSR count). The Bertz CT molecular complexity index is 521. The van der Waals surface area contributed by atoms with Crippen molar-refractivity contribution in [3.63, 3.8) is 0 Å². The lowest BCUT2D eigenvalue weighted by atomic mass is 10.1. The van der Waals surface area contributed by atoms with Gasteiger partial charge in [0, 0.05) is 13.1 Å². The van der Waals surface area contributed by atoms with E-state index in [1.54, 1.807) is 17.1 Å². The van der Waals surface area contributed by atoms with E-state index in [9.17, 15) is 9.59 Å². The lowest BCUT2D eigenvalue weighted by Crippen LogP contribution is -2.51. The van der Waals surface area contributed by atoms with Gasteiger partial charge in [0.25, 0.3) is 11.8 Å². The first-order chi connectivity index (χ1) is 8.68. The molecule has 2 amide bonds. The summed E-state index contributed by atoms with van der Waals surface area (Å²) in [6, 6.07) is 5.36. The minimum Gasteiger partial charge on any atom is -0.379 e. The number of rotatable bonds is 1. The van der Waals surface area contributed by atoms with Gasteiger partial charge in [-0.25, -0.2) is 10.0 Å². The molecule has 0 spiro atoms. The summed E-state index contributed by atoms with van der Waals surface area (Å²) < 4.78 is 5.24. The van der Waals surface area contributed by atoms with E-state index in [4.69, 9.17) is 4.74 Å². The highest BCUT2D eigenvalue weighted by Gasteiger charge is 2.39. The van der Waals surface area contributed by atoms with Crippen LogP contribution in [0.3, 0.4) is 0 Å². The summed E-state index contributed by atoms with van der Waals surface area (Å²) in [5.74, 6) is -0.447. The first-order valence-electron chi connectivity index (χ1n) is 6.00. The van der Waals surface area contributed by atoms with E-state index in [-0.39, 0.29) is 11.8 Å². The van der Waals surface area contributed by atoms with Crippen molar-refractivity contribution in [2.75, 3.05) is 26.3 Å². The Morgan fingerprint density at radius 1 is 1.06 bits per heavy atom. The number of hydrogen-bond acceptors (Lipinski definition) is 4. The maximum atomic E-state index is 12.3. The molecule has 2 aliphatic heterocycles. The minimum atomic E-state index is -0.225. The van der Waals surface area contributed by atoms with E-state index in [2.05, 4.69) is 0 Å². The van der Waals surface area contributed by atoms with Gasteiger partial charge in [0.05, 0.1) is 24.3 Å². The molecule has 18 heavy (non-hydrogen) atoms. The summed E-state index contributed by atoms with van der Waals surface area (Å²) >= 11 is 0. The van der Waals surface area contributed by atoms with Gasteiger partial charge in [0.1, 0.15) is 0 Å². The third-order valence-electron chi connectivity index (χ3n) is 3.29. The summed E-state index contributed by atoms with van der Waals surface area (Å²) in [5, 5.41) is 3.02. The number of aryl methyl sites for hydroxylation is 1. The molecular weight excluding hydrogens is 232 g/mol. The molecule has 0 atom stereocenters. The topological polar surface area (TPSA) is 49.9 Å². The number of hydrazine groups is 1. The molecule has 2 heterocycles. The fraction of sp³-hybridized carbons (Fsp3) is 0.385. The molecular formula is C13H14N2O3. The molecule has 1 saturated heterocycles. The van der Waals surface area contributed by atoms with E-state index < -0.39 is 0 Å². The zero-order chi connectivity index (χ0) is 12.7. The lowest BCUT2D eigenvalue weighted by molar-refractivity contribution is -0.0524. The fourth-order valence-electron chi connectivity index (χ4n) is 2.35. The van der Waals surface area contributed by atoms with Gasteiger partial charge in [-0.3, -0.25) is 9.59 Å². The first-order valence-corrected chi connectivity index (χ1v) is 6.00. The van der Waals surface area contributed by atoms with Gasteiger partial charge in [0.2, 0.25) is 0 Å². The van der Waals surface area contributed by atoms with Crippen LogP contribution in [-0.2, 0) is 4.74 Å². The van der Waals surface area contributed by atoms with E-state index in [1.165, 1.54) is 5.01 Å². The van der Waals surface area contributed by atoms with Crippen molar-refractivity contribution in [1.82, 2.24) is 10.0 Å². The van der Waals surface area contributed by atoms with Crippen LogP contribution < -0.4 is 0 Å². The molecule has 5 heteroatoms. The number of benzene rings is 1. The summed E-state index contributed by atoms with van der Waals surface area (Å²) in [6.45, 7) is 4.16. The quantitative estimate of drug-likeness (QED) is 0.689. The van der Waals surface area contributed by atoms with Crippen LogP contribution in [0.1, 0.15) is 26.3 Å². The van der Waals surface area contributed by atoms with Crippen LogP contribution in [0.25, 0.3) is 0 Å². The number of fused-ring (bicyclic) bond motifs is 1. The maximum absolute atomic E-state index is 12.3. The Kier molecular flexibility index (Phi) is 2.65. The molecule has 0 saturated carbocycles. The molecule has 1 fully saturated rings. The number of imide groups is 1. The van der Waals surface area contributed by atoms with Crippen LogP contribution in [0.5, 0.6) is 0 Å². The molecule has 0 aromatic heterocycles. The SMILES string of the molecule is Cc1ccc2c(c1)C(=O)N(N1CCOCC1)C2=O. The van der Waals surface area contributed by atoms with E-state index in [0.717, 1.165) is 5.56 Å². The zero-order valence-corrected chi connectivity index (χ0v) is 10.2. The Labute approximate surface area is 105 Å². The normalized spacial score (nSPS) is 20.4. The largest absolute Gasteiger partial charge is 0.379 e. The zero-order valence-electron chi connectivity index (χ0n) is 10.2. The van der Waals surface area contributed by atoms with Crippen LogP contribution in [-0.4, -0.2) is 48.1 Å². The number of amides is 2. The van der Waals surface area contributed by atoms with Gasteiger partial charge < -0.3 is 4.74 Å². The average Bonchev–Trinajstić information content (AvgIpc) is 2.63. The summed E-state index contributed by atoms with van der Waals surface area (Å²) in [5.41, 5.74) is 1.99. The standard InChI is InChI=1S/C13H14N2O3/c1-9-2-3-10-11(8-9)13(17)15(12(10)16)14-4-6-18-7-5-14/h2-3,8H,4-7H2,1H3. The number of ether oxygens (including phenoxy) is 1. The van der Waals surface area contributed by atoms with Crippen LogP contribution in [0.15, 0.2) is 18.2 Å². The van der Waals surface area contributed by atoms with Crippen molar-refractivity contribution >= 4 is 11.8 Å². The Balaban J connectivity index is 1.96. The molecule has 0 radical (unpaired) electrons. The monoisotopic (exact) mass is 246 g/mol. The van der Waals surface area contributed by atoms with Gasteiger partial charge in [-0.15, -0.1) is 0 Å². The summed E-state index contributed by atoms with van der Waals surface area (Å²) in [6.07, 6.45) is 0. The second-order valence-corrected chi connectivity index (χ2v) is 4.54. The Morgan fingerprint density at radius 2 is 1.72 bits per heavy atom. The van der Waals surface area contributed by atoms with Crippen LogP contribution in [0.2, 0.25) is 0 Å². The van der Waals surface area contributed by atoms with Gasteiger partial charge in [-0.1, -0.05) is 11.6 Å². The van der Waals surface area contributed by atoms with Crippen molar-refractivity contribution in [2.24, 2.45) is 0 Å². The first kappa shape index (κ1) is 11.4. The van der Waals surface area contributed by atoms with E-state index >= 15 is 0 Å². The molecule has 1 aromatic carbocycles. The minimum absolute atomic E-state index is 0.222. The molecule has 0 unspecified atom stereocenters. The Morgan fingerprint density at radius 3 is 2.44 bits per heavy atom. The van der Waals surface area contributed by atoms with Crippen molar-refractivity contribution in [1.29, 1.82) is 0 Å². The van der Waals surface area contributed by atoms with E-state index in [0.29, 0.717) is 37.4 Å². The van der Waals surface area contributed by atoms with Crippen LogP contribution in [0, 0.1) is 6.92 Å². The molecule has 0 aliphatic carbocycles. The van der Waals surface area contributed by atoms with Gasteiger partial charge in [-0.05, 0) is 19.1 Å². The van der Waals surface area contributed by atoms with Crippen LogP contribution in [0.4, 0.5) is 0 Å². The van der Waals surface area contributed by atoms with Crippen LogP contribution >= 0.6 is 0 Å². The summed E-state index contributed by atoms with van der Waals surface area (Å²) in [7, 11) is 0. The maximum Gasteiger partial charge on any atom is 0.276 e. The van der Waals surface area contributed by atoms with Crippen molar-refractivity contribution in [3.05, 3.63) is 34.9 Å². The molecule has 0 bridgehead atoms. The predicted octanol–water partition coefficient (Wildman–Crippen LogP) is 0.838. The highest BCUT2D eigenvalue weighted by Crippen LogP contribution is 2.25. The molecule has 2 aliphatic rings. The van der Waals surface area contributed by atoms with Crippen molar-refractivity contribution in [3.8, 4) is 0 Å². The second-order valence-electron chi connectivity index (χ2n) is 4.54. The third kappa shape index (κ3) is 1.63. The Hall–Kier alpha value is -1.72. The highest BCUT2D eigenvalue weighted by atomic mass is 16.5. The van der Waals surface area contributed by atoms with Crippen molar-refractivity contribution < 1.29 is 14.3 Å². The molecule has 5 nitrogen and oxygen atoms in total. The number of nitrogens with zero attached hydrogens (tertiary/aromatic N) is 2. The number of morpholine rings is 1. The highest BCUT2D eigenvalue weighted by molar-refractivity contribution is 6.21. The smallest absolute Gasteiger partial charge is 0.276 e. The molecule has 1 aromatic rings. The number of carbonyl (C=O) groups excluding carboxylic acids is 2. The summed E-state index contributed by atoms with van der Waals surface area (Å²) in [4.78, 5) is 24.5. The second kappa shape index (κ2) is 4.19. The third-order valence-corrected chi connectivity index (χ3v) is 3.29. The van der Waals surface area contributed by atoms with Gasteiger partial charge >= 0.3 is 0 Å². The van der Waals surface area contributed by atoms with E-state index in [1.807, 2.05) is 13.0 Å². The average molecular weight is 246 g/mol. The van der Waals surface area contributed by atoms with Gasteiger partial charge in [0.15, 0.2) is 0 Å². The number of carbonyl (C=O) groups is 2. The lowest BCUT2D eigenvalue weighted by Gasteiger charge is -2.32. The predicted molar refractivity (Wildman–Crippen MR) is 64.1 cm³/mol. The van der Waals surface area contributed by atoms with Crippen molar-refractivity contribution in [2.45, 2.75) is 6.92 Å². The fourth-order valence-corrected chi connectivity index (χ4v) is 2.35. The van der Waals surface area contributed by atoms with Gasteiger partial charge in [-0.2, -0.15) is 0 Å².